The first kappa shape index (κ1) is 17.3. The van der Waals surface area contributed by atoms with Gasteiger partial charge in [0, 0.05) is 28.6 Å². The first-order chi connectivity index (χ1) is 12.2. The number of carbonyl (C=O) groups is 1. The van der Waals surface area contributed by atoms with Crippen LogP contribution in [0.1, 0.15) is 47.8 Å². The molecule has 0 amide bonds. The Bertz CT molecular complexity index is 863. The van der Waals surface area contributed by atoms with Gasteiger partial charge < -0.3 is 9.72 Å². The second-order valence-corrected chi connectivity index (χ2v) is 6.43. The van der Waals surface area contributed by atoms with Crippen molar-refractivity contribution in [3.63, 3.8) is 0 Å². The number of ketones is 1. The fraction of sp³-hybridized carbons (Fsp3) is 0.318. The molecule has 2 aromatic carbocycles. The Morgan fingerprint density at radius 2 is 1.92 bits per heavy atom. The van der Waals surface area contributed by atoms with Gasteiger partial charge in [0.05, 0.1) is 7.11 Å². The molecule has 25 heavy (non-hydrogen) atoms. The van der Waals surface area contributed by atoms with E-state index in [1.54, 1.807) is 7.11 Å². The van der Waals surface area contributed by atoms with E-state index in [2.05, 4.69) is 11.9 Å². The summed E-state index contributed by atoms with van der Waals surface area (Å²) in [6, 6.07) is 15.8. The molecule has 3 aromatic rings. The summed E-state index contributed by atoms with van der Waals surface area (Å²) in [7, 11) is 1.65. The zero-order valence-corrected chi connectivity index (χ0v) is 15.0. The topological polar surface area (TPSA) is 42.1 Å². The standard InChI is InChI=1S/C22H25NO2/c1-3-4-5-13-20-22(18-11-6-7-12-19(18)23-20)21(24)15-16-9-8-10-17(14-16)25-2/h6-12,14,23H,3-5,13,15H2,1-2H3. The zero-order chi connectivity index (χ0) is 17.6. The number of unbranched alkanes of at least 4 members (excludes halogenated alkanes) is 2. The van der Waals surface area contributed by atoms with Gasteiger partial charge in [0.2, 0.25) is 0 Å². The molecule has 0 radical (unpaired) electrons. The largest absolute Gasteiger partial charge is 0.497 e. The summed E-state index contributed by atoms with van der Waals surface area (Å²) in [5, 5.41) is 1.03. The first-order valence-corrected chi connectivity index (χ1v) is 8.98. The lowest BCUT2D eigenvalue weighted by atomic mass is 9.98. The number of para-hydroxylation sites is 1. The number of ether oxygens (including phenoxy) is 1. The minimum absolute atomic E-state index is 0.164. The third-order valence-electron chi connectivity index (χ3n) is 4.59. The number of carbonyl (C=O) groups excluding carboxylic acids is 1. The van der Waals surface area contributed by atoms with E-state index in [0.29, 0.717) is 6.42 Å². The highest BCUT2D eigenvalue weighted by atomic mass is 16.5. The highest BCUT2D eigenvalue weighted by molar-refractivity contribution is 6.10. The van der Waals surface area contributed by atoms with Gasteiger partial charge in [-0.15, -0.1) is 0 Å². The fourth-order valence-corrected chi connectivity index (χ4v) is 3.31. The molecule has 0 bridgehead atoms. The summed E-state index contributed by atoms with van der Waals surface area (Å²) < 4.78 is 5.27. The summed E-state index contributed by atoms with van der Waals surface area (Å²) in [5.74, 6) is 0.949. The third-order valence-corrected chi connectivity index (χ3v) is 4.59. The summed E-state index contributed by atoms with van der Waals surface area (Å²) in [6.07, 6.45) is 4.76. The van der Waals surface area contributed by atoms with E-state index in [1.807, 2.05) is 48.5 Å². The number of aromatic nitrogens is 1. The van der Waals surface area contributed by atoms with Gasteiger partial charge >= 0.3 is 0 Å². The van der Waals surface area contributed by atoms with Crippen molar-refractivity contribution in [2.45, 2.75) is 39.0 Å². The average Bonchev–Trinajstić information content (AvgIpc) is 3.00. The van der Waals surface area contributed by atoms with Gasteiger partial charge in [0.1, 0.15) is 5.75 Å². The number of methoxy groups -OCH3 is 1. The van der Waals surface area contributed by atoms with Gasteiger partial charge in [0.25, 0.3) is 0 Å². The molecule has 0 atom stereocenters. The normalized spacial score (nSPS) is 11.0. The Kier molecular flexibility index (Phi) is 5.54. The van der Waals surface area contributed by atoms with Crippen molar-refractivity contribution in [1.29, 1.82) is 0 Å². The van der Waals surface area contributed by atoms with Crippen LogP contribution in [0.4, 0.5) is 0 Å². The SMILES string of the molecule is CCCCCc1[nH]c2ccccc2c1C(=O)Cc1cccc(OC)c1. The molecular formula is C22H25NO2. The molecule has 0 aliphatic carbocycles. The molecule has 3 nitrogen and oxygen atoms in total. The second kappa shape index (κ2) is 8.02. The van der Waals surface area contributed by atoms with Crippen molar-refractivity contribution < 1.29 is 9.53 Å². The number of aryl methyl sites for hydroxylation is 1. The first-order valence-electron chi connectivity index (χ1n) is 8.98. The maximum Gasteiger partial charge on any atom is 0.169 e. The minimum atomic E-state index is 0.164. The number of fused-ring (bicyclic) bond motifs is 1. The highest BCUT2D eigenvalue weighted by Gasteiger charge is 2.18. The van der Waals surface area contributed by atoms with Gasteiger partial charge in [-0.25, -0.2) is 0 Å². The number of nitrogens with one attached hydrogen (secondary N) is 1. The van der Waals surface area contributed by atoms with E-state index in [1.165, 1.54) is 12.8 Å². The number of hydrogen-bond acceptors (Lipinski definition) is 2. The highest BCUT2D eigenvalue weighted by Crippen LogP contribution is 2.26. The van der Waals surface area contributed by atoms with Gasteiger partial charge in [-0.2, -0.15) is 0 Å². The van der Waals surface area contributed by atoms with Crippen molar-refractivity contribution in [2.75, 3.05) is 7.11 Å². The predicted molar refractivity (Wildman–Crippen MR) is 103 cm³/mol. The summed E-state index contributed by atoms with van der Waals surface area (Å²) in [4.78, 5) is 16.5. The summed E-state index contributed by atoms with van der Waals surface area (Å²) >= 11 is 0. The van der Waals surface area contributed by atoms with E-state index in [0.717, 1.165) is 46.3 Å². The Labute approximate surface area is 149 Å². The van der Waals surface area contributed by atoms with E-state index in [-0.39, 0.29) is 5.78 Å². The van der Waals surface area contributed by atoms with Gasteiger partial charge in [-0.3, -0.25) is 4.79 Å². The maximum atomic E-state index is 13.1. The van der Waals surface area contributed by atoms with Crippen LogP contribution in [-0.2, 0) is 12.8 Å². The number of aromatic amines is 1. The van der Waals surface area contributed by atoms with Crippen molar-refractivity contribution in [2.24, 2.45) is 0 Å². The van der Waals surface area contributed by atoms with Crippen molar-refractivity contribution >= 4 is 16.7 Å². The quantitative estimate of drug-likeness (QED) is 0.446. The molecule has 0 fully saturated rings. The van der Waals surface area contributed by atoms with E-state index in [4.69, 9.17) is 4.74 Å². The van der Waals surface area contributed by atoms with Crippen LogP contribution in [0.25, 0.3) is 10.9 Å². The van der Waals surface area contributed by atoms with Crippen LogP contribution in [0.15, 0.2) is 48.5 Å². The second-order valence-electron chi connectivity index (χ2n) is 6.43. The molecule has 0 aliphatic heterocycles. The molecule has 3 heteroatoms. The Morgan fingerprint density at radius 1 is 1.08 bits per heavy atom. The molecule has 1 aromatic heterocycles. The van der Waals surface area contributed by atoms with Crippen molar-refractivity contribution in [3.8, 4) is 5.75 Å². The van der Waals surface area contributed by atoms with E-state index >= 15 is 0 Å². The monoisotopic (exact) mass is 335 g/mol. The van der Waals surface area contributed by atoms with Crippen LogP contribution < -0.4 is 4.74 Å². The molecule has 0 aliphatic rings. The molecule has 1 heterocycles. The van der Waals surface area contributed by atoms with Crippen LogP contribution in [0, 0.1) is 0 Å². The molecule has 130 valence electrons. The predicted octanol–water partition coefficient (Wildman–Crippen LogP) is 5.33. The number of Topliss-reactive ketones (excluding diaryl/α,β-unsaturated/α-hetero) is 1. The summed E-state index contributed by atoms with van der Waals surface area (Å²) in [6.45, 7) is 2.19. The zero-order valence-electron chi connectivity index (χ0n) is 15.0. The molecule has 0 saturated carbocycles. The molecule has 0 spiro atoms. The van der Waals surface area contributed by atoms with Gasteiger partial charge in [-0.1, -0.05) is 50.1 Å². The van der Waals surface area contributed by atoms with E-state index in [9.17, 15) is 4.79 Å². The Morgan fingerprint density at radius 3 is 2.72 bits per heavy atom. The lowest BCUT2D eigenvalue weighted by Crippen LogP contribution is -2.06. The van der Waals surface area contributed by atoms with Crippen molar-refractivity contribution in [3.05, 3.63) is 65.4 Å². The van der Waals surface area contributed by atoms with Crippen LogP contribution in [0.5, 0.6) is 5.75 Å². The van der Waals surface area contributed by atoms with Crippen LogP contribution in [0.2, 0.25) is 0 Å². The number of benzene rings is 2. The molecular weight excluding hydrogens is 310 g/mol. The number of H-pyrrole nitrogens is 1. The van der Waals surface area contributed by atoms with Crippen LogP contribution in [0.3, 0.4) is 0 Å². The Hall–Kier alpha value is -2.55. The lowest BCUT2D eigenvalue weighted by Gasteiger charge is -2.06. The third kappa shape index (κ3) is 3.93. The summed E-state index contributed by atoms with van der Waals surface area (Å²) in [5.41, 5.74) is 3.95. The maximum absolute atomic E-state index is 13.1. The smallest absolute Gasteiger partial charge is 0.169 e. The van der Waals surface area contributed by atoms with E-state index < -0.39 is 0 Å². The molecule has 1 N–H and O–H groups in total. The molecule has 0 unspecified atom stereocenters. The minimum Gasteiger partial charge on any atom is -0.497 e. The van der Waals surface area contributed by atoms with Gasteiger partial charge in [-0.05, 0) is 36.6 Å². The van der Waals surface area contributed by atoms with Crippen LogP contribution >= 0.6 is 0 Å². The van der Waals surface area contributed by atoms with Crippen molar-refractivity contribution in [1.82, 2.24) is 4.98 Å². The molecule has 3 rings (SSSR count). The number of rotatable bonds is 8. The molecule has 0 saturated heterocycles. The number of hydrogen-bond donors (Lipinski definition) is 1. The van der Waals surface area contributed by atoms with Gasteiger partial charge in [0.15, 0.2) is 5.78 Å². The van der Waals surface area contributed by atoms with Crippen LogP contribution in [-0.4, -0.2) is 17.9 Å². The Balaban J connectivity index is 1.91. The fourth-order valence-electron chi connectivity index (χ4n) is 3.31. The average molecular weight is 335 g/mol. The lowest BCUT2D eigenvalue weighted by molar-refractivity contribution is 0.0993.